The van der Waals surface area contributed by atoms with Crippen molar-refractivity contribution in [2.75, 3.05) is 0 Å². The topological polar surface area (TPSA) is 82.2 Å². The summed E-state index contributed by atoms with van der Waals surface area (Å²) in [5.41, 5.74) is 1.86. The van der Waals surface area contributed by atoms with Crippen LogP contribution in [0.25, 0.3) is 0 Å². The van der Waals surface area contributed by atoms with Gasteiger partial charge >= 0.3 is 0 Å². The van der Waals surface area contributed by atoms with E-state index in [-0.39, 0.29) is 22.9 Å². The molecule has 5 heteroatoms. The molecular formula is C19H18N2O3. The summed E-state index contributed by atoms with van der Waals surface area (Å²) < 4.78 is 0. The Bertz CT molecular complexity index is 832. The minimum atomic E-state index is -0.269. The van der Waals surface area contributed by atoms with Crippen LogP contribution in [0.1, 0.15) is 19.4 Å². The second-order valence-electron chi connectivity index (χ2n) is 5.12. The van der Waals surface area contributed by atoms with E-state index in [0.29, 0.717) is 16.9 Å². The van der Waals surface area contributed by atoms with Crippen LogP contribution in [0, 0.1) is 0 Å². The van der Waals surface area contributed by atoms with Gasteiger partial charge in [-0.3, -0.25) is 14.8 Å². The molecule has 0 aromatic heterocycles. The van der Waals surface area contributed by atoms with Gasteiger partial charge in [0, 0.05) is 18.0 Å². The first-order valence-corrected chi connectivity index (χ1v) is 7.35. The van der Waals surface area contributed by atoms with Gasteiger partial charge in [0.05, 0.1) is 16.9 Å². The van der Waals surface area contributed by atoms with Gasteiger partial charge in [-0.15, -0.1) is 0 Å². The normalized spacial score (nSPS) is 12.6. The number of hydrogen-bond donors (Lipinski definition) is 2. The molecular weight excluding hydrogens is 304 g/mol. The van der Waals surface area contributed by atoms with Gasteiger partial charge in [-0.05, 0) is 38.1 Å². The highest BCUT2D eigenvalue weighted by Gasteiger charge is 2.05. The number of aromatic hydroxyl groups is 1. The van der Waals surface area contributed by atoms with Crippen LogP contribution in [-0.2, 0) is 4.79 Å². The highest BCUT2D eigenvalue weighted by molar-refractivity contribution is 6.13. The van der Waals surface area contributed by atoms with Crippen LogP contribution in [0.2, 0.25) is 0 Å². The maximum Gasteiger partial charge on any atom is 0.164 e. The van der Waals surface area contributed by atoms with Gasteiger partial charge in [0.2, 0.25) is 0 Å². The van der Waals surface area contributed by atoms with E-state index in [2.05, 4.69) is 9.98 Å². The summed E-state index contributed by atoms with van der Waals surface area (Å²) in [4.78, 5) is 20.1. The van der Waals surface area contributed by atoms with Gasteiger partial charge < -0.3 is 10.2 Å². The fourth-order valence-electron chi connectivity index (χ4n) is 1.99. The van der Waals surface area contributed by atoms with E-state index in [1.807, 2.05) is 6.07 Å². The Labute approximate surface area is 140 Å². The second-order valence-corrected chi connectivity index (χ2v) is 5.12. The highest BCUT2D eigenvalue weighted by Crippen LogP contribution is 2.27. The number of allylic oxidation sites excluding steroid dienone is 2. The molecule has 2 aromatic rings. The van der Waals surface area contributed by atoms with E-state index in [1.54, 1.807) is 48.7 Å². The van der Waals surface area contributed by atoms with Crippen molar-refractivity contribution in [2.45, 2.75) is 13.8 Å². The lowest BCUT2D eigenvalue weighted by Crippen LogP contribution is -2.01. The second kappa shape index (κ2) is 7.87. The smallest absolute Gasteiger partial charge is 0.164 e. The molecule has 0 aliphatic carbocycles. The van der Waals surface area contributed by atoms with Crippen LogP contribution in [-0.4, -0.2) is 28.4 Å². The van der Waals surface area contributed by atoms with E-state index in [1.165, 1.54) is 20.1 Å². The summed E-state index contributed by atoms with van der Waals surface area (Å²) in [6.45, 7) is 2.80. The highest BCUT2D eigenvalue weighted by atomic mass is 16.3. The first-order chi connectivity index (χ1) is 11.5. The van der Waals surface area contributed by atoms with Gasteiger partial charge in [0.25, 0.3) is 0 Å². The quantitative estimate of drug-likeness (QED) is 0.490. The van der Waals surface area contributed by atoms with Crippen molar-refractivity contribution in [1.29, 1.82) is 0 Å². The molecule has 0 saturated carbocycles. The third-order valence-corrected chi connectivity index (χ3v) is 3.26. The van der Waals surface area contributed by atoms with Gasteiger partial charge in [-0.2, -0.15) is 0 Å². The lowest BCUT2D eigenvalue weighted by Gasteiger charge is -2.02. The van der Waals surface area contributed by atoms with Gasteiger partial charge in [0.1, 0.15) is 11.5 Å². The van der Waals surface area contributed by atoms with Crippen molar-refractivity contribution in [3.63, 3.8) is 0 Å². The Morgan fingerprint density at radius 3 is 2.12 bits per heavy atom. The Hall–Kier alpha value is -3.21. The number of hydrogen-bond acceptors (Lipinski definition) is 5. The van der Waals surface area contributed by atoms with E-state index < -0.39 is 0 Å². The fourth-order valence-corrected chi connectivity index (χ4v) is 1.99. The largest absolute Gasteiger partial charge is 0.512 e. The lowest BCUT2D eigenvalue weighted by molar-refractivity contribution is -0.113. The van der Waals surface area contributed by atoms with Crippen molar-refractivity contribution in [3.05, 3.63) is 65.4 Å². The predicted molar refractivity (Wildman–Crippen MR) is 96.0 cm³/mol. The number of nitrogens with zero attached hydrogens (tertiary/aromatic N) is 2. The number of benzene rings is 2. The SMILES string of the molecule is CC(=O)/C(C=Nc1ccccc1N=Cc1ccccc1O)=C(\C)O. The summed E-state index contributed by atoms with van der Waals surface area (Å²) in [6.07, 6.45) is 2.87. The Morgan fingerprint density at radius 2 is 1.54 bits per heavy atom. The zero-order chi connectivity index (χ0) is 17.5. The summed E-state index contributed by atoms with van der Waals surface area (Å²) in [7, 11) is 0. The Balaban J connectivity index is 2.33. The Kier molecular flexibility index (Phi) is 5.63. The molecule has 0 fully saturated rings. The molecule has 5 nitrogen and oxygen atoms in total. The first kappa shape index (κ1) is 17.1. The number of phenolic OH excluding ortho intramolecular Hbond substituents is 1. The van der Waals surface area contributed by atoms with E-state index in [4.69, 9.17) is 0 Å². The van der Waals surface area contributed by atoms with Crippen LogP contribution in [0.15, 0.2) is 69.8 Å². The van der Waals surface area contributed by atoms with Crippen molar-refractivity contribution in [2.24, 2.45) is 9.98 Å². The van der Waals surface area contributed by atoms with Crippen LogP contribution in [0.5, 0.6) is 5.75 Å². The third kappa shape index (κ3) is 4.39. The van der Waals surface area contributed by atoms with Crippen LogP contribution >= 0.6 is 0 Å². The molecule has 0 atom stereocenters. The number of carbonyl (C=O) groups is 1. The number of aliphatic imine (C=N–C) groups is 2. The standard InChI is InChI=1S/C19H18N2O3/c1-13(22)16(14(2)23)12-21-18-9-5-4-8-17(18)20-11-15-7-3-6-10-19(15)24/h3-12,22,24H,1-2H3/b16-13+,20-11?,21-12?. The molecule has 2 aromatic carbocycles. The molecule has 0 spiro atoms. The van der Waals surface area contributed by atoms with Crippen LogP contribution in [0.3, 0.4) is 0 Å². The molecule has 0 aliphatic rings. The zero-order valence-electron chi connectivity index (χ0n) is 13.5. The number of para-hydroxylation sites is 3. The van der Waals surface area contributed by atoms with Gasteiger partial charge in [-0.1, -0.05) is 24.3 Å². The molecule has 122 valence electrons. The number of aliphatic hydroxyl groups excluding tert-OH is 1. The zero-order valence-corrected chi connectivity index (χ0v) is 13.5. The van der Waals surface area contributed by atoms with Crippen LogP contribution in [0.4, 0.5) is 11.4 Å². The van der Waals surface area contributed by atoms with E-state index in [0.717, 1.165) is 0 Å². The summed E-state index contributed by atoms with van der Waals surface area (Å²) in [5, 5.41) is 19.3. The van der Waals surface area contributed by atoms with Gasteiger partial charge in [0.15, 0.2) is 5.78 Å². The number of ketones is 1. The fraction of sp³-hybridized carbons (Fsp3) is 0.105. The lowest BCUT2D eigenvalue weighted by atomic mass is 10.2. The molecule has 0 heterocycles. The number of Topliss-reactive ketones (excluding diaryl/α,β-unsaturated/α-hetero) is 1. The molecule has 0 saturated heterocycles. The molecule has 2 N–H and O–H groups in total. The molecule has 0 bridgehead atoms. The number of phenols is 1. The number of rotatable bonds is 5. The molecule has 0 amide bonds. The molecule has 0 radical (unpaired) electrons. The van der Waals surface area contributed by atoms with Crippen molar-refractivity contribution in [1.82, 2.24) is 0 Å². The maximum atomic E-state index is 11.5. The monoisotopic (exact) mass is 322 g/mol. The first-order valence-electron chi connectivity index (χ1n) is 7.35. The maximum absolute atomic E-state index is 11.5. The molecule has 0 aliphatic heterocycles. The van der Waals surface area contributed by atoms with Crippen molar-refractivity contribution >= 4 is 29.6 Å². The van der Waals surface area contributed by atoms with Crippen LogP contribution < -0.4 is 0 Å². The van der Waals surface area contributed by atoms with E-state index >= 15 is 0 Å². The van der Waals surface area contributed by atoms with Gasteiger partial charge in [-0.25, -0.2) is 0 Å². The summed E-state index contributed by atoms with van der Waals surface area (Å²) in [6, 6.07) is 14.0. The number of aliphatic hydroxyl groups is 1. The van der Waals surface area contributed by atoms with E-state index in [9.17, 15) is 15.0 Å². The summed E-state index contributed by atoms with van der Waals surface area (Å²) >= 11 is 0. The average Bonchev–Trinajstić information content (AvgIpc) is 2.54. The minimum Gasteiger partial charge on any atom is -0.512 e. The predicted octanol–water partition coefficient (Wildman–Crippen LogP) is 4.27. The molecule has 2 rings (SSSR count). The van der Waals surface area contributed by atoms with Crippen molar-refractivity contribution < 1.29 is 15.0 Å². The summed E-state index contributed by atoms with van der Waals surface area (Å²) in [5.74, 6) is -0.213. The molecule has 24 heavy (non-hydrogen) atoms. The van der Waals surface area contributed by atoms with Crippen molar-refractivity contribution in [3.8, 4) is 5.75 Å². The Morgan fingerprint density at radius 1 is 0.958 bits per heavy atom. The number of carbonyl (C=O) groups excluding carboxylic acids is 1. The third-order valence-electron chi connectivity index (χ3n) is 3.26. The average molecular weight is 322 g/mol. The minimum absolute atomic E-state index is 0.0820. The molecule has 0 unspecified atom stereocenters.